The molecular formula is C14H20N2O4S. The first-order chi connectivity index (χ1) is 9.78. The molecule has 3 N–H and O–H groups in total. The number of aliphatic carboxylic acids is 1. The average Bonchev–Trinajstić information content (AvgIpc) is 2.42. The lowest BCUT2D eigenvalue weighted by molar-refractivity contribution is -0.131. The van der Waals surface area contributed by atoms with Crippen LogP contribution in [0.3, 0.4) is 0 Å². The van der Waals surface area contributed by atoms with E-state index in [1.165, 1.54) is 6.08 Å². The van der Waals surface area contributed by atoms with Gasteiger partial charge in [0.25, 0.3) is 10.2 Å². The van der Waals surface area contributed by atoms with Gasteiger partial charge in [-0.3, -0.25) is 0 Å². The van der Waals surface area contributed by atoms with E-state index in [1.807, 2.05) is 13.8 Å². The van der Waals surface area contributed by atoms with Crippen molar-refractivity contribution in [2.45, 2.75) is 20.4 Å². The number of rotatable bonds is 8. The van der Waals surface area contributed by atoms with Crippen LogP contribution in [0, 0.1) is 5.92 Å². The number of hydrogen-bond acceptors (Lipinski definition) is 3. The lowest BCUT2D eigenvalue weighted by Gasteiger charge is -2.10. The van der Waals surface area contributed by atoms with Crippen LogP contribution in [0.2, 0.25) is 0 Å². The maximum Gasteiger partial charge on any atom is 0.328 e. The van der Waals surface area contributed by atoms with Gasteiger partial charge in [0, 0.05) is 19.2 Å². The molecule has 0 aliphatic rings. The average molecular weight is 312 g/mol. The minimum Gasteiger partial charge on any atom is -0.478 e. The molecule has 0 aliphatic carbocycles. The highest BCUT2D eigenvalue weighted by Crippen LogP contribution is 2.06. The maximum absolute atomic E-state index is 11.7. The van der Waals surface area contributed by atoms with Crippen LogP contribution in [0.1, 0.15) is 25.0 Å². The monoisotopic (exact) mass is 312 g/mol. The van der Waals surface area contributed by atoms with Crippen molar-refractivity contribution in [2.24, 2.45) is 5.92 Å². The highest BCUT2D eigenvalue weighted by molar-refractivity contribution is 7.87. The van der Waals surface area contributed by atoms with Crippen LogP contribution in [0.4, 0.5) is 0 Å². The first-order valence-electron chi connectivity index (χ1n) is 6.52. The third-order valence-electron chi connectivity index (χ3n) is 2.55. The summed E-state index contributed by atoms with van der Waals surface area (Å²) < 4.78 is 28.2. The van der Waals surface area contributed by atoms with Gasteiger partial charge in [0.05, 0.1) is 0 Å². The van der Waals surface area contributed by atoms with Gasteiger partial charge < -0.3 is 5.11 Å². The Hall–Kier alpha value is -1.70. The predicted molar refractivity (Wildman–Crippen MR) is 81.7 cm³/mol. The number of carbonyl (C=O) groups is 1. The molecule has 6 nitrogen and oxygen atoms in total. The second-order valence-electron chi connectivity index (χ2n) is 4.98. The molecular weight excluding hydrogens is 292 g/mol. The number of benzene rings is 1. The highest BCUT2D eigenvalue weighted by Gasteiger charge is 2.09. The van der Waals surface area contributed by atoms with Gasteiger partial charge in [0.15, 0.2) is 0 Å². The lowest BCUT2D eigenvalue weighted by atomic mass is 10.1. The molecule has 0 fully saturated rings. The highest BCUT2D eigenvalue weighted by atomic mass is 32.2. The zero-order valence-electron chi connectivity index (χ0n) is 12.0. The lowest BCUT2D eigenvalue weighted by Crippen LogP contribution is -2.37. The van der Waals surface area contributed by atoms with Gasteiger partial charge in [-0.25, -0.2) is 9.52 Å². The first-order valence-corrected chi connectivity index (χ1v) is 8.01. The predicted octanol–water partition coefficient (Wildman–Crippen LogP) is 1.36. The Morgan fingerprint density at radius 2 is 1.86 bits per heavy atom. The fourth-order valence-corrected chi connectivity index (χ4v) is 2.43. The number of hydrogen-bond donors (Lipinski definition) is 3. The van der Waals surface area contributed by atoms with Crippen molar-refractivity contribution in [1.82, 2.24) is 9.44 Å². The van der Waals surface area contributed by atoms with Crippen LogP contribution < -0.4 is 9.44 Å². The standard InChI is InChI=1S/C14H20N2O4S/c1-11(2)9-15-21(19,20)16-10-13-5-3-12(4-6-13)7-8-14(17)18/h3-8,11,15-16H,9-10H2,1-2H3,(H,17,18)/b8-7+. The van der Waals surface area contributed by atoms with Crippen molar-refractivity contribution in [2.75, 3.05) is 6.54 Å². The van der Waals surface area contributed by atoms with E-state index in [9.17, 15) is 13.2 Å². The van der Waals surface area contributed by atoms with E-state index in [1.54, 1.807) is 24.3 Å². The summed E-state index contributed by atoms with van der Waals surface area (Å²) in [5.74, 6) is -0.773. The molecule has 0 heterocycles. The third-order valence-corrected chi connectivity index (χ3v) is 3.62. The van der Waals surface area contributed by atoms with Crippen molar-refractivity contribution in [3.8, 4) is 0 Å². The SMILES string of the molecule is CC(C)CNS(=O)(=O)NCc1ccc(/C=C/C(=O)O)cc1. The van der Waals surface area contributed by atoms with E-state index in [0.717, 1.165) is 17.2 Å². The molecule has 0 radical (unpaired) electrons. The summed E-state index contributed by atoms with van der Waals surface area (Å²) in [6.45, 7) is 4.41. The zero-order valence-corrected chi connectivity index (χ0v) is 12.9. The summed E-state index contributed by atoms with van der Waals surface area (Å²) in [6, 6.07) is 6.94. The summed E-state index contributed by atoms with van der Waals surface area (Å²) in [7, 11) is -3.50. The Kier molecular flexibility index (Phi) is 6.54. The van der Waals surface area contributed by atoms with E-state index in [4.69, 9.17) is 5.11 Å². The molecule has 1 aromatic rings. The van der Waals surface area contributed by atoms with Crippen molar-refractivity contribution >= 4 is 22.3 Å². The van der Waals surface area contributed by atoms with E-state index in [2.05, 4.69) is 9.44 Å². The molecule has 0 saturated heterocycles. The normalized spacial score (nSPS) is 12.1. The molecule has 116 valence electrons. The minimum atomic E-state index is -3.50. The molecule has 1 aromatic carbocycles. The minimum absolute atomic E-state index is 0.177. The fourth-order valence-electron chi connectivity index (χ4n) is 1.42. The summed E-state index contributed by atoms with van der Waals surface area (Å²) in [6.07, 6.45) is 2.52. The van der Waals surface area contributed by atoms with E-state index in [0.29, 0.717) is 6.54 Å². The van der Waals surface area contributed by atoms with E-state index < -0.39 is 16.2 Å². The molecule has 0 bridgehead atoms. The fraction of sp³-hybridized carbons (Fsp3) is 0.357. The Morgan fingerprint density at radius 3 is 2.38 bits per heavy atom. The van der Waals surface area contributed by atoms with Crippen molar-refractivity contribution in [1.29, 1.82) is 0 Å². The maximum atomic E-state index is 11.7. The van der Waals surface area contributed by atoms with Crippen LogP contribution >= 0.6 is 0 Å². The van der Waals surface area contributed by atoms with Crippen LogP contribution in [-0.4, -0.2) is 26.0 Å². The van der Waals surface area contributed by atoms with Crippen LogP contribution in [0.15, 0.2) is 30.3 Å². The third kappa shape index (κ3) is 7.60. The Morgan fingerprint density at radius 1 is 1.24 bits per heavy atom. The van der Waals surface area contributed by atoms with Gasteiger partial charge in [-0.15, -0.1) is 0 Å². The second-order valence-corrected chi connectivity index (χ2v) is 6.56. The molecule has 0 aliphatic heterocycles. The quantitative estimate of drug-likeness (QED) is 0.632. The van der Waals surface area contributed by atoms with Crippen molar-refractivity contribution in [3.05, 3.63) is 41.5 Å². The van der Waals surface area contributed by atoms with Crippen molar-refractivity contribution in [3.63, 3.8) is 0 Å². The summed E-state index contributed by atoms with van der Waals surface area (Å²) in [5.41, 5.74) is 1.53. The zero-order chi connectivity index (χ0) is 15.9. The molecule has 0 amide bonds. The molecule has 1 rings (SSSR count). The van der Waals surface area contributed by atoms with Crippen molar-refractivity contribution < 1.29 is 18.3 Å². The number of nitrogens with one attached hydrogen (secondary N) is 2. The van der Waals surface area contributed by atoms with Gasteiger partial charge >= 0.3 is 5.97 Å². The summed E-state index contributed by atoms with van der Waals surface area (Å²) in [4.78, 5) is 10.4. The smallest absolute Gasteiger partial charge is 0.328 e. The Balaban J connectivity index is 2.54. The molecule has 0 aromatic heterocycles. The molecule has 0 unspecified atom stereocenters. The van der Waals surface area contributed by atoms with Gasteiger partial charge in [-0.2, -0.15) is 13.1 Å². The largest absolute Gasteiger partial charge is 0.478 e. The number of carboxylic acid groups (broad SMARTS) is 1. The van der Waals surface area contributed by atoms with Gasteiger partial charge in [0.2, 0.25) is 0 Å². The van der Waals surface area contributed by atoms with Gasteiger partial charge in [-0.05, 0) is 23.1 Å². The Labute approximate surface area is 125 Å². The molecule has 0 saturated carbocycles. The molecule has 0 atom stereocenters. The number of carboxylic acids is 1. The first kappa shape index (κ1) is 17.4. The van der Waals surface area contributed by atoms with E-state index in [-0.39, 0.29) is 12.5 Å². The summed E-state index contributed by atoms with van der Waals surface area (Å²) >= 11 is 0. The molecule has 7 heteroatoms. The van der Waals surface area contributed by atoms with Crippen LogP contribution in [0.25, 0.3) is 6.08 Å². The van der Waals surface area contributed by atoms with Crippen LogP contribution in [0.5, 0.6) is 0 Å². The molecule has 21 heavy (non-hydrogen) atoms. The van der Waals surface area contributed by atoms with Crippen LogP contribution in [-0.2, 0) is 21.5 Å². The topological polar surface area (TPSA) is 95.5 Å². The van der Waals surface area contributed by atoms with Gasteiger partial charge in [0.1, 0.15) is 0 Å². The van der Waals surface area contributed by atoms with Gasteiger partial charge in [-0.1, -0.05) is 38.1 Å². The Bertz CT molecular complexity index is 592. The van der Waals surface area contributed by atoms with E-state index >= 15 is 0 Å². The molecule has 0 spiro atoms. The second kappa shape index (κ2) is 7.92. The summed E-state index contributed by atoms with van der Waals surface area (Å²) in [5, 5.41) is 8.52.